The van der Waals surface area contributed by atoms with Crippen molar-refractivity contribution in [1.29, 1.82) is 0 Å². The van der Waals surface area contributed by atoms with E-state index in [0.29, 0.717) is 18.9 Å². The molecule has 1 fully saturated rings. The first-order chi connectivity index (χ1) is 11.4. The maximum Gasteiger partial charge on any atom is 0.410 e. The lowest BCUT2D eigenvalue weighted by Gasteiger charge is -2.28. The Morgan fingerprint density at radius 2 is 1.88 bits per heavy atom. The van der Waals surface area contributed by atoms with E-state index in [1.807, 2.05) is 45.0 Å². The van der Waals surface area contributed by atoms with Crippen LogP contribution in [0, 0.1) is 12.3 Å². The van der Waals surface area contributed by atoms with Crippen molar-refractivity contribution < 1.29 is 19.0 Å². The molecule has 1 aliphatic rings. The molecule has 0 aliphatic carbocycles. The van der Waals surface area contributed by atoms with Gasteiger partial charge < -0.3 is 19.1 Å². The second kappa shape index (κ2) is 7.96. The maximum atomic E-state index is 12.2. The molecule has 1 amide bonds. The van der Waals surface area contributed by atoms with Crippen LogP contribution in [-0.2, 0) is 4.74 Å². The predicted molar refractivity (Wildman–Crippen MR) is 92.2 cm³/mol. The standard InChI is InChI=1S/C19H25NO4/c1-5-13-22-16-8-10-17(11-9-16)23-14-15-7-6-12-20(15)18(21)24-19(2,3)4/h1,8-11,15H,6-7,12-14H2,2-4H3. The van der Waals surface area contributed by atoms with Crippen LogP contribution in [0.4, 0.5) is 4.79 Å². The second-order valence-corrected chi connectivity index (χ2v) is 6.74. The van der Waals surface area contributed by atoms with Gasteiger partial charge in [-0.15, -0.1) is 6.42 Å². The highest BCUT2D eigenvalue weighted by Crippen LogP contribution is 2.23. The van der Waals surface area contributed by atoms with Crippen LogP contribution in [0.3, 0.4) is 0 Å². The number of carbonyl (C=O) groups is 1. The van der Waals surface area contributed by atoms with Gasteiger partial charge in [-0.3, -0.25) is 0 Å². The van der Waals surface area contributed by atoms with Crippen LogP contribution in [0.1, 0.15) is 33.6 Å². The molecular weight excluding hydrogens is 306 g/mol. The molecule has 24 heavy (non-hydrogen) atoms. The summed E-state index contributed by atoms with van der Waals surface area (Å²) in [5.74, 6) is 3.86. The van der Waals surface area contributed by atoms with Crippen LogP contribution in [0.25, 0.3) is 0 Å². The summed E-state index contributed by atoms with van der Waals surface area (Å²) in [6.45, 7) is 7.02. The van der Waals surface area contributed by atoms with E-state index in [1.54, 1.807) is 4.90 Å². The van der Waals surface area contributed by atoms with Crippen LogP contribution in [0.2, 0.25) is 0 Å². The molecule has 130 valence electrons. The lowest BCUT2D eigenvalue weighted by molar-refractivity contribution is 0.0187. The number of nitrogens with zero attached hydrogens (tertiary/aromatic N) is 1. The summed E-state index contributed by atoms with van der Waals surface area (Å²) in [6, 6.07) is 7.33. The van der Waals surface area contributed by atoms with Crippen LogP contribution >= 0.6 is 0 Å². The van der Waals surface area contributed by atoms with E-state index in [4.69, 9.17) is 20.6 Å². The zero-order valence-corrected chi connectivity index (χ0v) is 14.6. The molecule has 0 spiro atoms. The fraction of sp³-hybridized carbons (Fsp3) is 0.526. The average molecular weight is 331 g/mol. The number of likely N-dealkylation sites (tertiary alicyclic amines) is 1. The number of rotatable bonds is 5. The minimum atomic E-state index is -0.487. The Labute approximate surface area is 143 Å². The van der Waals surface area contributed by atoms with E-state index < -0.39 is 5.60 Å². The Morgan fingerprint density at radius 3 is 2.46 bits per heavy atom. The van der Waals surface area contributed by atoms with Gasteiger partial charge in [0.25, 0.3) is 0 Å². The van der Waals surface area contributed by atoms with Gasteiger partial charge in [0.05, 0.1) is 6.04 Å². The minimum absolute atomic E-state index is 0.0391. The zero-order chi connectivity index (χ0) is 17.6. The van der Waals surface area contributed by atoms with Crippen molar-refractivity contribution in [1.82, 2.24) is 4.90 Å². The van der Waals surface area contributed by atoms with Crippen molar-refractivity contribution in [3.05, 3.63) is 24.3 Å². The van der Waals surface area contributed by atoms with Crippen LogP contribution in [-0.4, -0.2) is 42.4 Å². The van der Waals surface area contributed by atoms with E-state index >= 15 is 0 Å². The largest absolute Gasteiger partial charge is 0.491 e. The third-order valence-electron chi connectivity index (χ3n) is 3.59. The summed E-state index contributed by atoms with van der Waals surface area (Å²) in [5.41, 5.74) is -0.487. The van der Waals surface area contributed by atoms with E-state index in [1.165, 1.54) is 0 Å². The molecule has 2 rings (SSSR count). The number of carbonyl (C=O) groups excluding carboxylic acids is 1. The fourth-order valence-electron chi connectivity index (χ4n) is 2.52. The molecule has 0 aromatic heterocycles. The van der Waals surface area contributed by atoms with E-state index in [-0.39, 0.29) is 18.7 Å². The van der Waals surface area contributed by atoms with E-state index in [9.17, 15) is 4.79 Å². The topological polar surface area (TPSA) is 48.0 Å². The summed E-state index contributed by atoms with van der Waals surface area (Å²) < 4.78 is 16.6. The van der Waals surface area contributed by atoms with Gasteiger partial charge in [0.1, 0.15) is 30.3 Å². The Bertz CT molecular complexity index is 583. The molecule has 1 heterocycles. The predicted octanol–water partition coefficient (Wildman–Crippen LogP) is 3.48. The van der Waals surface area contributed by atoms with Crippen molar-refractivity contribution in [3.63, 3.8) is 0 Å². The number of benzene rings is 1. The minimum Gasteiger partial charge on any atom is -0.491 e. The molecule has 5 nitrogen and oxygen atoms in total. The van der Waals surface area contributed by atoms with Gasteiger partial charge in [-0.1, -0.05) is 5.92 Å². The first-order valence-electron chi connectivity index (χ1n) is 8.18. The first-order valence-corrected chi connectivity index (χ1v) is 8.18. The molecule has 0 N–H and O–H groups in total. The Morgan fingerprint density at radius 1 is 1.25 bits per heavy atom. The van der Waals surface area contributed by atoms with Gasteiger partial charge in [-0.05, 0) is 57.9 Å². The van der Waals surface area contributed by atoms with E-state index in [0.717, 1.165) is 18.6 Å². The van der Waals surface area contributed by atoms with Gasteiger partial charge >= 0.3 is 6.09 Å². The Hall–Kier alpha value is -2.35. The number of terminal acetylenes is 1. The van der Waals surface area contributed by atoms with Gasteiger partial charge in [0, 0.05) is 6.54 Å². The monoisotopic (exact) mass is 331 g/mol. The SMILES string of the molecule is C#CCOc1ccc(OCC2CCCN2C(=O)OC(C)(C)C)cc1. The van der Waals surface area contributed by atoms with Crippen LogP contribution in [0.15, 0.2) is 24.3 Å². The molecule has 1 unspecified atom stereocenters. The Balaban J connectivity index is 1.86. The third kappa shape index (κ3) is 5.38. The molecule has 1 atom stereocenters. The zero-order valence-electron chi connectivity index (χ0n) is 14.6. The van der Waals surface area contributed by atoms with Gasteiger partial charge in [-0.2, -0.15) is 0 Å². The molecule has 1 aromatic rings. The summed E-state index contributed by atoms with van der Waals surface area (Å²) in [4.78, 5) is 14.0. The quantitative estimate of drug-likeness (QED) is 0.775. The third-order valence-corrected chi connectivity index (χ3v) is 3.59. The van der Waals surface area contributed by atoms with Crippen molar-refractivity contribution in [3.8, 4) is 23.8 Å². The number of hydrogen-bond donors (Lipinski definition) is 0. The van der Waals surface area contributed by atoms with Crippen molar-refractivity contribution >= 4 is 6.09 Å². The molecule has 1 aromatic carbocycles. The molecular formula is C19H25NO4. The summed E-state index contributed by atoms with van der Waals surface area (Å²) in [5, 5.41) is 0. The highest BCUT2D eigenvalue weighted by Gasteiger charge is 2.32. The molecule has 0 saturated carbocycles. The maximum absolute atomic E-state index is 12.2. The summed E-state index contributed by atoms with van der Waals surface area (Å²) in [7, 11) is 0. The molecule has 0 radical (unpaired) electrons. The molecule has 1 saturated heterocycles. The summed E-state index contributed by atoms with van der Waals surface area (Å²) in [6.07, 6.45) is 6.77. The van der Waals surface area contributed by atoms with Gasteiger partial charge in [0.2, 0.25) is 0 Å². The normalized spacial score (nSPS) is 17.2. The fourth-order valence-corrected chi connectivity index (χ4v) is 2.52. The van der Waals surface area contributed by atoms with Crippen LogP contribution < -0.4 is 9.47 Å². The van der Waals surface area contributed by atoms with Crippen LogP contribution in [0.5, 0.6) is 11.5 Å². The first kappa shape index (κ1) is 18.0. The van der Waals surface area contributed by atoms with Gasteiger partial charge in [-0.25, -0.2) is 4.79 Å². The highest BCUT2D eigenvalue weighted by molar-refractivity contribution is 5.69. The summed E-state index contributed by atoms with van der Waals surface area (Å²) >= 11 is 0. The van der Waals surface area contributed by atoms with Crippen molar-refractivity contribution in [2.45, 2.75) is 45.3 Å². The lowest BCUT2D eigenvalue weighted by Crippen LogP contribution is -2.42. The smallest absolute Gasteiger partial charge is 0.410 e. The second-order valence-electron chi connectivity index (χ2n) is 6.74. The van der Waals surface area contributed by atoms with Crippen molar-refractivity contribution in [2.75, 3.05) is 19.8 Å². The average Bonchev–Trinajstić information content (AvgIpc) is 2.99. The molecule has 5 heteroatoms. The number of amides is 1. The van der Waals surface area contributed by atoms with E-state index in [2.05, 4.69) is 5.92 Å². The Kier molecular flexibility index (Phi) is 5.97. The number of hydrogen-bond acceptors (Lipinski definition) is 4. The number of ether oxygens (including phenoxy) is 3. The molecule has 1 aliphatic heterocycles. The highest BCUT2D eigenvalue weighted by atomic mass is 16.6. The van der Waals surface area contributed by atoms with Gasteiger partial charge in [0.15, 0.2) is 0 Å². The van der Waals surface area contributed by atoms with Crippen molar-refractivity contribution in [2.24, 2.45) is 0 Å². The molecule has 0 bridgehead atoms. The lowest BCUT2D eigenvalue weighted by atomic mass is 10.2.